The van der Waals surface area contributed by atoms with Gasteiger partial charge in [-0.3, -0.25) is 14.7 Å². The summed E-state index contributed by atoms with van der Waals surface area (Å²) in [6, 6.07) is 3.82. The fourth-order valence-corrected chi connectivity index (χ4v) is 3.16. The first kappa shape index (κ1) is 15.7. The lowest BCUT2D eigenvalue weighted by molar-refractivity contribution is -0.144. The Kier molecular flexibility index (Phi) is 4.96. The van der Waals surface area contributed by atoms with Crippen molar-refractivity contribution in [2.24, 2.45) is 0 Å². The van der Waals surface area contributed by atoms with Crippen molar-refractivity contribution in [3.63, 3.8) is 0 Å². The van der Waals surface area contributed by atoms with Gasteiger partial charge in [-0.2, -0.15) is 0 Å². The van der Waals surface area contributed by atoms with Crippen LogP contribution in [0.1, 0.15) is 25.5 Å². The molecule has 2 saturated heterocycles. The summed E-state index contributed by atoms with van der Waals surface area (Å²) in [7, 11) is 0. The van der Waals surface area contributed by atoms with Crippen molar-refractivity contribution in [3.8, 4) is 0 Å². The van der Waals surface area contributed by atoms with Crippen LogP contribution in [-0.2, 0) is 16.1 Å². The quantitative estimate of drug-likeness (QED) is 0.853. The molecule has 0 saturated carbocycles. The van der Waals surface area contributed by atoms with Crippen LogP contribution < -0.4 is 0 Å². The Morgan fingerprint density at radius 2 is 2.09 bits per heavy atom. The van der Waals surface area contributed by atoms with Crippen LogP contribution in [0.5, 0.6) is 0 Å². The molecule has 0 aliphatic carbocycles. The number of halogens is 1. The number of ether oxygens (including phenoxy) is 1. The summed E-state index contributed by atoms with van der Waals surface area (Å²) in [5.74, 6) is 0.161. The smallest absolute Gasteiger partial charge is 0.251 e. The predicted molar refractivity (Wildman–Crippen MR) is 84.7 cm³/mol. The largest absolute Gasteiger partial charge is 0.365 e. The number of carbonyl (C=O) groups excluding carboxylic acids is 1. The lowest BCUT2D eigenvalue weighted by Crippen LogP contribution is -2.51. The van der Waals surface area contributed by atoms with E-state index in [-0.39, 0.29) is 18.1 Å². The molecule has 0 aromatic carbocycles. The Bertz CT molecular complexity index is 515. The maximum Gasteiger partial charge on any atom is 0.251 e. The van der Waals surface area contributed by atoms with Crippen LogP contribution in [0.3, 0.4) is 0 Å². The van der Waals surface area contributed by atoms with Crippen molar-refractivity contribution < 1.29 is 9.53 Å². The molecule has 2 fully saturated rings. The number of amides is 1. The minimum atomic E-state index is -0.223. The summed E-state index contributed by atoms with van der Waals surface area (Å²) in [6.07, 6.45) is 3.51. The molecule has 0 spiro atoms. The Morgan fingerprint density at radius 3 is 2.68 bits per heavy atom. The summed E-state index contributed by atoms with van der Waals surface area (Å²) >= 11 is 5.85. The number of pyridine rings is 1. The van der Waals surface area contributed by atoms with E-state index in [0.29, 0.717) is 5.02 Å². The Hall–Kier alpha value is -1.17. The Morgan fingerprint density at radius 1 is 1.32 bits per heavy atom. The average molecular weight is 324 g/mol. The van der Waals surface area contributed by atoms with Gasteiger partial charge in [-0.1, -0.05) is 11.6 Å². The van der Waals surface area contributed by atoms with Crippen molar-refractivity contribution in [1.29, 1.82) is 0 Å². The number of carbonyl (C=O) groups is 1. The molecule has 0 unspecified atom stereocenters. The standard InChI is InChI=1S/C16H22ClN3O2/c1-12-2-5-15(22-12)16(21)20-8-6-19(7-9-20)11-14-4-3-13(17)10-18-14/h3-4,10,12,15H,2,5-9,11H2,1H3/t12-,15-/m0/s1. The summed E-state index contributed by atoms with van der Waals surface area (Å²) in [5, 5.41) is 0.657. The third kappa shape index (κ3) is 3.77. The number of hydrogen-bond acceptors (Lipinski definition) is 4. The SMILES string of the molecule is C[C@H]1CC[C@@H](C(=O)N2CCN(Cc3ccc(Cl)cn3)CC2)O1. The lowest BCUT2D eigenvalue weighted by Gasteiger charge is -2.35. The van der Waals surface area contributed by atoms with E-state index >= 15 is 0 Å². The Labute approximate surface area is 136 Å². The molecular formula is C16H22ClN3O2. The second kappa shape index (κ2) is 6.94. The van der Waals surface area contributed by atoms with Crippen LogP contribution in [0.2, 0.25) is 5.02 Å². The molecule has 2 aliphatic rings. The molecule has 3 rings (SSSR count). The van der Waals surface area contributed by atoms with Gasteiger partial charge in [-0.05, 0) is 31.9 Å². The highest BCUT2D eigenvalue weighted by atomic mass is 35.5. The molecule has 0 radical (unpaired) electrons. The fraction of sp³-hybridized carbons (Fsp3) is 0.625. The lowest BCUT2D eigenvalue weighted by atomic mass is 10.1. The van der Waals surface area contributed by atoms with Gasteiger partial charge in [0.25, 0.3) is 5.91 Å². The normalized spacial score (nSPS) is 26.4. The van der Waals surface area contributed by atoms with E-state index in [1.54, 1.807) is 6.20 Å². The van der Waals surface area contributed by atoms with Gasteiger partial charge in [0, 0.05) is 38.9 Å². The second-order valence-electron chi connectivity index (χ2n) is 6.08. The third-order valence-corrected chi connectivity index (χ3v) is 4.59. The number of rotatable bonds is 3. The van der Waals surface area contributed by atoms with Crippen LogP contribution in [0.25, 0.3) is 0 Å². The van der Waals surface area contributed by atoms with Crippen molar-refractivity contribution in [2.45, 2.75) is 38.5 Å². The monoisotopic (exact) mass is 323 g/mol. The van der Waals surface area contributed by atoms with Crippen molar-refractivity contribution in [2.75, 3.05) is 26.2 Å². The van der Waals surface area contributed by atoms with Gasteiger partial charge in [-0.15, -0.1) is 0 Å². The first-order valence-corrected chi connectivity index (χ1v) is 8.26. The van der Waals surface area contributed by atoms with E-state index in [4.69, 9.17) is 16.3 Å². The zero-order valence-electron chi connectivity index (χ0n) is 12.9. The minimum Gasteiger partial charge on any atom is -0.365 e. The van der Waals surface area contributed by atoms with Gasteiger partial charge >= 0.3 is 0 Å². The van der Waals surface area contributed by atoms with E-state index in [2.05, 4.69) is 9.88 Å². The van der Waals surface area contributed by atoms with Crippen LogP contribution >= 0.6 is 11.6 Å². The van der Waals surface area contributed by atoms with Gasteiger partial charge in [-0.25, -0.2) is 0 Å². The van der Waals surface area contributed by atoms with Gasteiger partial charge in [0.05, 0.1) is 16.8 Å². The molecule has 2 atom stereocenters. The summed E-state index contributed by atoms with van der Waals surface area (Å²) in [5.41, 5.74) is 1.01. The first-order valence-electron chi connectivity index (χ1n) is 7.89. The van der Waals surface area contributed by atoms with Gasteiger partial charge in [0.2, 0.25) is 0 Å². The molecule has 5 nitrogen and oxygen atoms in total. The topological polar surface area (TPSA) is 45.7 Å². The van der Waals surface area contributed by atoms with Crippen LogP contribution in [-0.4, -0.2) is 59.1 Å². The molecule has 1 aromatic rings. The maximum absolute atomic E-state index is 12.4. The number of piperazine rings is 1. The van der Waals surface area contributed by atoms with Crippen LogP contribution in [0, 0.1) is 0 Å². The molecule has 3 heterocycles. The third-order valence-electron chi connectivity index (χ3n) is 4.37. The summed E-state index contributed by atoms with van der Waals surface area (Å²) < 4.78 is 5.68. The van der Waals surface area contributed by atoms with E-state index in [1.165, 1.54) is 0 Å². The molecule has 1 aromatic heterocycles. The summed E-state index contributed by atoms with van der Waals surface area (Å²) in [6.45, 7) is 6.11. The Balaban J connectivity index is 1.48. The number of aromatic nitrogens is 1. The molecule has 120 valence electrons. The maximum atomic E-state index is 12.4. The van der Waals surface area contributed by atoms with E-state index < -0.39 is 0 Å². The molecular weight excluding hydrogens is 302 g/mol. The van der Waals surface area contributed by atoms with Crippen LogP contribution in [0.4, 0.5) is 0 Å². The molecule has 0 bridgehead atoms. The van der Waals surface area contributed by atoms with Gasteiger partial charge in [0.15, 0.2) is 0 Å². The van der Waals surface area contributed by atoms with Crippen LogP contribution in [0.15, 0.2) is 18.3 Å². The molecule has 0 N–H and O–H groups in total. The zero-order chi connectivity index (χ0) is 15.5. The van der Waals surface area contributed by atoms with E-state index in [0.717, 1.165) is 51.3 Å². The highest BCUT2D eigenvalue weighted by molar-refractivity contribution is 6.30. The van der Waals surface area contributed by atoms with E-state index in [9.17, 15) is 4.79 Å². The van der Waals surface area contributed by atoms with Crippen molar-refractivity contribution in [3.05, 3.63) is 29.0 Å². The fourth-order valence-electron chi connectivity index (χ4n) is 3.04. The molecule has 2 aliphatic heterocycles. The zero-order valence-corrected chi connectivity index (χ0v) is 13.6. The number of hydrogen-bond donors (Lipinski definition) is 0. The molecule has 6 heteroatoms. The van der Waals surface area contributed by atoms with Gasteiger partial charge < -0.3 is 9.64 Å². The molecule has 1 amide bonds. The second-order valence-corrected chi connectivity index (χ2v) is 6.52. The summed E-state index contributed by atoms with van der Waals surface area (Å²) in [4.78, 5) is 21.0. The van der Waals surface area contributed by atoms with Gasteiger partial charge in [0.1, 0.15) is 6.10 Å². The predicted octanol–water partition coefficient (Wildman–Crippen LogP) is 1.95. The van der Waals surface area contributed by atoms with Crippen molar-refractivity contribution >= 4 is 17.5 Å². The van der Waals surface area contributed by atoms with E-state index in [1.807, 2.05) is 24.0 Å². The average Bonchev–Trinajstić information content (AvgIpc) is 2.96. The first-order chi connectivity index (χ1) is 10.6. The molecule has 22 heavy (non-hydrogen) atoms. The minimum absolute atomic E-state index is 0.161. The highest BCUT2D eigenvalue weighted by Crippen LogP contribution is 2.21. The van der Waals surface area contributed by atoms with Crippen molar-refractivity contribution in [1.82, 2.24) is 14.8 Å². The number of nitrogens with zero attached hydrogens (tertiary/aromatic N) is 3. The highest BCUT2D eigenvalue weighted by Gasteiger charge is 2.32.